The van der Waals surface area contributed by atoms with E-state index in [1.54, 1.807) is 11.8 Å². The quantitative estimate of drug-likeness (QED) is 0.867. The fourth-order valence-corrected chi connectivity index (χ4v) is 4.17. The molecule has 2 aliphatic rings. The maximum Gasteiger partial charge on any atom is 0.303 e. The lowest BCUT2D eigenvalue weighted by molar-refractivity contribution is -0.139. The number of fused-ring (bicyclic) bond motifs is 2. The van der Waals surface area contributed by atoms with Gasteiger partial charge in [-0.2, -0.15) is 0 Å². The number of piperidine rings is 1. The van der Waals surface area contributed by atoms with Crippen molar-refractivity contribution in [2.45, 2.75) is 69.7 Å². The number of aliphatic carboxylic acids is 1. The molecule has 2 saturated heterocycles. The van der Waals surface area contributed by atoms with Crippen molar-refractivity contribution in [1.82, 2.24) is 4.90 Å². The zero-order chi connectivity index (χ0) is 14.9. The predicted molar refractivity (Wildman–Crippen MR) is 80.8 cm³/mol. The number of carboxylic acids is 1. The molecule has 0 radical (unpaired) electrons. The molecule has 2 unspecified atom stereocenters. The summed E-state index contributed by atoms with van der Waals surface area (Å²) >= 11 is 1.69. The first-order valence-corrected chi connectivity index (χ1v) is 8.42. The zero-order valence-corrected chi connectivity index (χ0v) is 13.4. The van der Waals surface area contributed by atoms with E-state index in [2.05, 4.69) is 25.7 Å². The Morgan fingerprint density at radius 3 is 2.20 bits per heavy atom. The van der Waals surface area contributed by atoms with E-state index in [0.717, 1.165) is 25.7 Å². The van der Waals surface area contributed by atoms with Crippen molar-refractivity contribution in [2.24, 2.45) is 5.92 Å². The number of carbonyl (C=O) groups excluding carboxylic acids is 1. The Balaban J connectivity index is 1.92. The molecule has 1 amide bonds. The van der Waals surface area contributed by atoms with Gasteiger partial charge in [-0.3, -0.25) is 9.59 Å². The van der Waals surface area contributed by atoms with Crippen LogP contribution in [0.2, 0.25) is 0 Å². The van der Waals surface area contributed by atoms with Crippen LogP contribution in [-0.4, -0.2) is 44.5 Å². The molecule has 20 heavy (non-hydrogen) atoms. The minimum atomic E-state index is -0.711. The van der Waals surface area contributed by atoms with Gasteiger partial charge < -0.3 is 10.0 Å². The molecule has 0 spiro atoms. The van der Waals surface area contributed by atoms with Gasteiger partial charge in [0.2, 0.25) is 5.91 Å². The molecule has 0 aromatic carbocycles. The number of hydrogen-bond donors (Lipinski definition) is 1. The van der Waals surface area contributed by atoms with Crippen LogP contribution in [0.15, 0.2) is 0 Å². The molecular formula is C15H25NO3S. The third-order valence-electron chi connectivity index (χ3n) is 4.21. The van der Waals surface area contributed by atoms with E-state index in [-0.39, 0.29) is 35.1 Å². The molecule has 2 atom stereocenters. The van der Waals surface area contributed by atoms with Crippen LogP contribution < -0.4 is 0 Å². The molecule has 4 nitrogen and oxygen atoms in total. The Morgan fingerprint density at radius 1 is 1.20 bits per heavy atom. The van der Waals surface area contributed by atoms with Gasteiger partial charge in [0.05, 0.1) is 5.75 Å². The lowest BCUT2D eigenvalue weighted by Crippen LogP contribution is -2.47. The number of thioether (sulfide) groups is 1. The third kappa shape index (κ3) is 3.90. The standard InChI is InChI=1S/C15H25NO3S/c1-15(2,3)20-9-13(17)16-11-4-5-12(16)7-10(6-11)8-14(18)19/h10-12H,4-9H2,1-3H3,(H,18,19). The SMILES string of the molecule is CC(C)(C)SCC(=O)N1C2CCC1CC(CC(=O)O)C2. The number of amides is 1. The van der Waals surface area contributed by atoms with Crippen molar-refractivity contribution < 1.29 is 14.7 Å². The summed E-state index contributed by atoms with van der Waals surface area (Å²) in [5, 5.41) is 8.92. The Hall–Kier alpha value is -0.710. The average Bonchev–Trinajstić information content (AvgIpc) is 2.56. The van der Waals surface area contributed by atoms with Crippen LogP contribution in [0, 0.1) is 5.92 Å². The molecule has 2 fully saturated rings. The normalized spacial score (nSPS) is 29.6. The first kappa shape index (κ1) is 15.7. The second-order valence-electron chi connectivity index (χ2n) is 7.02. The molecule has 2 rings (SSSR count). The molecule has 2 bridgehead atoms. The summed E-state index contributed by atoms with van der Waals surface area (Å²) in [6, 6.07) is 0.567. The van der Waals surface area contributed by atoms with Gasteiger partial charge in [-0.25, -0.2) is 0 Å². The molecule has 0 aromatic rings. The monoisotopic (exact) mass is 299 g/mol. The van der Waals surface area contributed by atoms with Gasteiger partial charge >= 0.3 is 5.97 Å². The fraction of sp³-hybridized carbons (Fsp3) is 0.867. The lowest BCUT2D eigenvalue weighted by atomic mass is 9.88. The minimum Gasteiger partial charge on any atom is -0.481 e. The summed E-state index contributed by atoms with van der Waals surface area (Å²) in [6.45, 7) is 6.37. The van der Waals surface area contributed by atoms with Gasteiger partial charge in [-0.1, -0.05) is 20.8 Å². The van der Waals surface area contributed by atoms with Gasteiger partial charge in [0.1, 0.15) is 0 Å². The van der Waals surface area contributed by atoms with Crippen LogP contribution in [0.3, 0.4) is 0 Å². The highest BCUT2D eigenvalue weighted by atomic mass is 32.2. The highest BCUT2D eigenvalue weighted by molar-refractivity contribution is 8.01. The van der Waals surface area contributed by atoms with Gasteiger partial charge in [0.25, 0.3) is 0 Å². The second-order valence-corrected chi connectivity index (χ2v) is 8.82. The maximum atomic E-state index is 12.4. The van der Waals surface area contributed by atoms with Crippen molar-refractivity contribution >= 4 is 23.6 Å². The predicted octanol–water partition coefficient (Wildman–Crippen LogP) is 2.76. The first-order chi connectivity index (χ1) is 9.26. The summed E-state index contributed by atoms with van der Waals surface area (Å²) in [5.74, 6) is 0.327. The van der Waals surface area contributed by atoms with E-state index in [0.29, 0.717) is 5.75 Å². The van der Waals surface area contributed by atoms with Crippen LogP contribution in [-0.2, 0) is 9.59 Å². The maximum absolute atomic E-state index is 12.4. The zero-order valence-electron chi connectivity index (χ0n) is 12.6. The third-order valence-corrected chi connectivity index (χ3v) is 5.47. The van der Waals surface area contributed by atoms with Crippen molar-refractivity contribution in [3.8, 4) is 0 Å². The lowest BCUT2D eigenvalue weighted by Gasteiger charge is -2.39. The minimum absolute atomic E-state index is 0.107. The molecule has 0 saturated carbocycles. The number of nitrogens with zero attached hydrogens (tertiary/aromatic N) is 1. The Bertz CT molecular complexity index is 377. The Labute approximate surface area is 125 Å². The summed E-state index contributed by atoms with van der Waals surface area (Å²) in [7, 11) is 0. The van der Waals surface area contributed by atoms with Crippen molar-refractivity contribution in [3.63, 3.8) is 0 Å². The Morgan fingerprint density at radius 2 is 1.75 bits per heavy atom. The smallest absolute Gasteiger partial charge is 0.303 e. The molecule has 2 aliphatic heterocycles. The van der Waals surface area contributed by atoms with E-state index < -0.39 is 5.97 Å². The van der Waals surface area contributed by atoms with Crippen molar-refractivity contribution in [2.75, 3.05) is 5.75 Å². The highest BCUT2D eigenvalue weighted by Crippen LogP contribution is 2.40. The summed E-state index contributed by atoms with van der Waals surface area (Å²) in [6.07, 6.45) is 4.09. The van der Waals surface area contributed by atoms with Crippen LogP contribution in [0.4, 0.5) is 0 Å². The first-order valence-electron chi connectivity index (χ1n) is 7.43. The molecule has 5 heteroatoms. The topological polar surface area (TPSA) is 57.6 Å². The molecule has 2 heterocycles. The van der Waals surface area contributed by atoms with Crippen molar-refractivity contribution in [3.05, 3.63) is 0 Å². The average molecular weight is 299 g/mol. The van der Waals surface area contributed by atoms with Crippen LogP contribution in [0.1, 0.15) is 52.9 Å². The van der Waals surface area contributed by atoms with Crippen LogP contribution in [0.25, 0.3) is 0 Å². The van der Waals surface area contributed by atoms with E-state index in [4.69, 9.17) is 5.11 Å². The largest absolute Gasteiger partial charge is 0.481 e. The molecule has 0 aromatic heterocycles. The number of carbonyl (C=O) groups is 2. The van der Waals surface area contributed by atoms with E-state index in [9.17, 15) is 9.59 Å². The summed E-state index contributed by atoms with van der Waals surface area (Å²) in [5.41, 5.74) is 0. The molecule has 1 N–H and O–H groups in total. The Kier molecular flexibility index (Phi) is 4.67. The van der Waals surface area contributed by atoms with E-state index >= 15 is 0 Å². The second kappa shape index (κ2) is 5.96. The van der Waals surface area contributed by atoms with Gasteiger partial charge in [0.15, 0.2) is 0 Å². The van der Waals surface area contributed by atoms with Gasteiger partial charge in [0, 0.05) is 23.3 Å². The van der Waals surface area contributed by atoms with Crippen LogP contribution in [0.5, 0.6) is 0 Å². The number of hydrogen-bond acceptors (Lipinski definition) is 3. The van der Waals surface area contributed by atoms with E-state index in [1.165, 1.54) is 0 Å². The van der Waals surface area contributed by atoms with E-state index in [1.807, 2.05) is 0 Å². The molecule has 0 aliphatic carbocycles. The highest BCUT2D eigenvalue weighted by Gasteiger charge is 2.43. The number of rotatable bonds is 4. The summed E-state index contributed by atoms with van der Waals surface area (Å²) < 4.78 is 0.107. The fourth-order valence-electron chi connectivity index (χ4n) is 3.46. The van der Waals surface area contributed by atoms with Crippen LogP contribution >= 0.6 is 11.8 Å². The molecular weight excluding hydrogens is 274 g/mol. The molecule has 114 valence electrons. The van der Waals surface area contributed by atoms with Crippen molar-refractivity contribution in [1.29, 1.82) is 0 Å². The van der Waals surface area contributed by atoms with Gasteiger partial charge in [-0.15, -0.1) is 11.8 Å². The number of carboxylic acid groups (broad SMARTS) is 1. The summed E-state index contributed by atoms with van der Waals surface area (Å²) in [4.78, 5) is 25.3. The van der Waals surface area contributed by atoms with Gasteiger partial charge in [-0.05, 0) is 31.6 Å².